The first-order chi connectivity index (χ1) is 69.7. The summed E-state index contributed by atoms with van der Waals surface area (Å²) >= 11 is 0. The molecule has 21 rings (SSSR count). The Kier molecular flexibility index (Phi) is 30.4. The second-order valence-electron chi connectivity index (χ2n) is 51.5. The maximum absolute atomic E-state index is 5.07. The van der Waals surface area contributed by atoms with Crippen LogP contribution in [0.25, 0.3) is 153 Å². The number of aromatic nitrogens is 7. The molecule has 7 heteroatoms. The third-order valence-corrected chi connectivity index (χ3v) is 31.6. The van der Waals surface area contributed by atoms with Gasteiger partial charge in [0.1, 0.15) is 0 Å². The van der Waals surface area contributed by atoms with Crippen molar-refractivity contribution in [2.75, 3.05) is 0 Å². The minimum atomic E-state index is 0.0770. The number of rotatable bonds is 0. The molecule has 0 saturated carbocycles. The third kappa shape index (κ3) is 21.9. The van der Waals surface area contributed by atoms with Gasteiger partial charge >= 0.3 is 0 Å². The van der Waals surface area contributed by atoms with Crippen LogP contribution >= 0.6 is 0 Å². The number of para-hydroxylation sites is 1. The Labute approximate surface area is 897 Å². The number of hydrogen-bond donors (Lipinski definition) is 0. The SMILES string of the molecule is Cc1ccc2c(C(C)(C)C)c3c(C)c(C)c(C)c(C)c3nc2c1.Cc1ccc2c(C(C)(C)C)c3c(C)c(C)c(C)cc3nc2c1.Cc1ccc2c(C(C)(C)C)c3c(C)c(C)ccc3nc2c1.Cc1ccc2c(C(C)(C)C)c3c(C)cc(C)cc3nc2c1.Cc1ccc2c(C(C)(C)C)c3c(C)ccc(C)c3nc2c1.Cc1ccc2c(C(C)(C)C)c3cc(C)c(C)c(C)c3nc2c1.Cc1ccc2c(C(C)(C)C)c3cccc(C)c3nc2c1. The largest absolute Gasteiger partial charge is 0.248 e. The summed E-state index contributed by atoms with van der Waals surface area (Å²) in [4.78, 5) is 34.8. The van der Waals surface area contributed by atoms with E-state index in [1.165, 1.54) is 253 Å². The zero-order valence-electron chi connectivity index (χ0n) is 99.6. The molecule has 774 valence electrons. The van der Waals surface area contributed by atoms with E-state index >= 15 is 0 Å². The Hall–Kier alpha value is -13.2. The lowest BCUT2D eigenvalue weighted by atomic mass is 9.79. The lowest BCUT2D eigenvalue weighted by Crippen LogP contribution is -2.15. The molecule has 0 spiro atoms. The van der Waals surface area contributed by atoms with Gasteiger partial charge in [-0.3, -0.25) is 0 Å². The van der Waals surface area contributed by atoms with Gasteiger partial charge in [0.05, 0.1) is 77.2 Å². The van der Waals surface area contributed by atoms with Crippen molar-refractivity contribution >= 4 is 153 Å². The van der Waals surface area contributed by atoms with E-state index in [0.29, 0.717) is 0 Å². The van der Waals surface area contributed by atoms with Crippen molar-refractivity contribution in [1.29, 1.82) is 0 Å². The lowest BCUT2D eigenvalue weighted by molar-refractivity contribution is 0.600. The summed E-state index contributed by atoms with van der Waals surface area (Å²) in [5.74, 6) is 0. The molecule has 0 unspecified atom stereocenters. The van der Waals surface area contributed by atoms with Gasteiger partial charge in [0, 0.05) is 75.4 Å². The number of nitrogens with zero attached hydrogens (tertiary/aromatic N) is 7. The van der Waals surface area contributed by atoms with Gasteiger partial charge in [-0.05, 0) is 443 Å². The predicted molar refractivity (Wildman–Crippen MR) is 659 cm³/mol. The van der Waals surface area contributed by atoms with Crippen LogP contribution in [0.4, 0.5) is 0 Å². The van der Waals surface area contributed by atoms with Gasteiger partial charge in [-0.1, -0.05) is 273 Å². The molecule has 0 atom stereocenters. The summed E-state index contributed by atoms with van der Waals surface area (Å²) in [7, 11) is 0. The van der Waals surface area contributed by atoms with Crippen molar-refractivity contribution < 1.29 is 0 Å². The highest BCUT2D eigenvalue weighted by Crippen LogP contribution is 2.48. The third-order valence-electron chi connectivity index (χ3n) is 31.6. The van der Waals surface area contributed by atoms with Gasteiger partial charge < -0.3 is 0 Å². The van der Waals surface area contributed by atoms with Crippen LogP contribution in [0.2, 0.25) is 0 Å². The first-order valence-electron chi connectivity index (χ1n) is 54.4. The molecule has 14 aromatic carbocycles. The highest BCUT2D eigenvalue weighted by molar-refractivity contribution is 6.08. The fraction of sp³-hybridized carbons (Fsp3) is 0.364. The number of benzene rings is 14. The fourth-order valence-electron chi connectivity index (χ4n) is 23.4. The maximum Gasteiger partial charge on any atom is 0.0747 e. The smallest absolute Gasteiger partial charge is 0.0747 e. The van der Waals surface area contributed by atoms with Gasteiger partial charge in [0.15, 0.2) is 0 Å². The molecule has 0 aliphatic heterocycles. The Morgan fingerprint density at radius 1 is 0.133 bits per heavy atom. The molecule has 0 aliphatic rings. The molecule has 0 saturated heterocycles. The highest BCUT2D eigenvalue weighted by atomic mass is 14.7. The molecule has 0 aliphatic carbocycles. The Balaban J connectivity index is 0.000000131. The van der Waals surface area contributed by atoms with Crippen molar-refractivity contribution in [2.24, 2.45) is 0 Å². The summed E-state index contributed by atoms with van der Waals surface area (Å²) in [6.45, 7) is 101. The summed E-state index contributed by atoms with van der Waals surface area (Å²) in [6.07, 6.45) is 0. The van der Waals surface area contributed by atoms with Crippen molar-refractivity contribution in [2.45, 2.75) is 349 Å². The average molecular weight is 1980 g/mol. The van der Waals surface area contributed by atoms with E-state index in [0.717, 1.165) is 71.7 Å². The number of aryl methyl sites for hydroxylation is 20. The molecular weight excluding hydrogens is 1820 g/mol. The monoisotopic (exact) mass is 1980 g/mol. The molecule has 0 fully saturated rings. The molecule has 7 heterocycles. The maximum atomic E-state index is 5.07. The van der Waals surface area contributed by atoms with E-state index in [9.17, 15) is 0 Å². The van der Waals surface area contributed by atoms with Crippen LogP contribution in [0, 0.1) is 166 Å². The van der Waals surface area contributed by atoms with Gasteiger partial charge in [-0.15, -0.1) is 0 Å². The van der Waals surface area contributed by atoms with E-state index in [1.54, 1.807) is 0 Å². The van der Waals surface area contributed by atoms with Crippen molar-refractivity contribution in [3.63, 3.8) is 0 Å². The first-order valence-corrected chi connectivity index (χ1v) is 54.4. The van der Waals surface area contributed by atoms with E-state index < -0.39 is 0 Å². The zero-order valence-corrected chi connectivity index (χ0v) is 99.6. The average Bonchev–Trinajstić information content (AvgIpc) is 0.729. The fourth-order valence-corrected chi connectivity index (χ4v) is 23.4. The predicted octanol–water partition coefficient (Wildman–Crippen LogP) is 40.2. The molecule has 7 aromatic heterocycles. The summed E-state index contributed by atoms with van der Waals surface area (Å²) in [6, 6.07) is 70.7. The van der Waals surface area contributed by atoms with Gasteiger partial charge in [0.2, 0.25) is 0 Å². The second-order valence-corrected chi connectivity index (χ2v) is 51.5. The highest BCUT2D eigenvalue weighted by Gasteiger charge is 2.32. The Morgan fingerprint density at radius 2 is 0.413 bits per heavy atom. The molecule has 150 heavy (non-hydrogen) atoms. The zero-order chi connectivity index (χ0) is 110. The number of fused-ring (bicyclic) bond motifs is 14. The van der Waals surface area contributed by atoms with Crippen LogP contribution in [0.15, 0.2) is 194 Å². The second kappa shape index (κ2) is 41.2. The Morgan fingerprint density at radius 3 is 0.827 bits per heavy atom. The quantitative estimate of drug-likeness (QED) is 0.140. The number of pyridine rings is 7. The minimum Gasteiger partial charge on any atom is -0.248 e. The van der Waals surface area contributed by atoms with Gasteiger partial charge in [0.25, 0.3) is 0 Å². The van der Waals surface area contributed by atoms with Crippen molar-refractivity contribution in [1.82, 2.24) is 34.9 Å². The minimum absolute atomic E-state index is 0.0770. The van der Waals surface area contributed by atoms with Crippen LogP contribution in [0.3, 0.4) is 0 Å². The van der Waals surface area contributed by atoms with Crippen molar-refractivity contribution in [3.05, 3.63) is 367 Å². The number of hydrogen-bond acceptors (Lipinski definition) is 7. The van der Waals surface area contributed by atoms with Crippen LogP contribution in [0.5, 0.6) is 0 Å². The van der Waals surface area contributed by atoms with E-state index in [4.69, 9.17) is 34.9 Å². The van der Waals surface area contributed by atoms with Crippen LogP contribution in [-0.2, 0) is 37.9 Å². The van der Waals surface area contributed by atoms with Crippen LogP contribution in [-0.4, -0.2) is 34.9 Å². The molecular formula is C143H167N7. The van der Waals surface area contributed by atoms with E-state index in [-0.39, 0.29) is 37.9 Å². The molecule has 7 nitrogen and oxygen atoms in total. The first kappa shape index (κ1) is 111. The summed E-state index contributed by atoms with van der Waals surface area (Å²) in [5, 5.41) is 18.3. The van der Waals surface area contributed by atoms with Gasteiger partial charge in [-0.2, -0.15) is 0 Å². The van der Waals surface area contributed by atoms with Crippen LogP contribution in [0.1, 0.15) is 318 Å². The normalized spacial score (nSPS) is 12.3. The van der Waals surface area contributed by atoms with E-state index in [2.05, 4.69) is 506 Å². The summed E-state index contributed by atoms with van der Waals surface area (Å²) < 4.78 is 0. The summed E-state index contributed by atoms with van der Waals surface area (Å²) in [5.41, 5.74) is 57.8. The van der Waals surface area contributed by atoms with Crippen molar-refractivity contribution in [3.8, 4) is 0 Å². The molecule has 0 bridgehead atoms. The van der Waals surface area contributed by atoms with E-state index in [1.807, 2.05) is 0 Å². The lowest BCUT2D eigenvalue weighted by Gasteiger charge is -2.26. The molecule has 0 N–H and O–H groups in total. The Bertz CT molecular complexity index is 9000. The van der Waals surface area contributed by atoms with Crippen LogP contribution < -0.4 is 0 Å². The molecule has 0 amide bonds. The molecule has 21 aromatic rings. The molecule has 0 radical (unpaired) electrons. The topological polar surface area (TPSA) is 90.2 Å². The van der Waals surface area contributed by atoms with Gasteiger partial charge in [-0.25, -0.2) is 34.9 Å². The standard InChI is InChI=1S/C22H27N.2C21H25N.3C20H23N.C19H21N/c1-12-9-10-17-18(11-12)23-21-16(5)14(3)13(2)15(4)19(21)20(17)22(6,7)8;1-12-8-9-16-18(10-12)22-20-15(4)14(3)13(2)11-17(20)19(16)21(5,6)7;1-12-8-9-16-17(10-12)22-18-11-13(2)14(3)15(4)19(18)20(16)21(5,6)7;1-12-7-10-15-16(11-12)21-19-14(3)9-8-13(2)17(19)18(15)20(4,5)6;1-12-7-9-15-17(11-12)21-16-10-8-13(2)14(3)18(16)19(15)20(4,5)6;1-12-7-8-15-16(10-12)21-17-11-13(2)9-14(3)18(17)19(15)20(4,5)6;1-12-9-10-14-16(11-12)20-18-13(2)7-6-8-15(18)17(14)19(3,4)5/h9-11H,1-8H3;2*8-11H,1-7H3;3*7-11H,1-6H3;6-11H,1-5H3.